The highest BCUT2D eigenvalue weighted by Gasteiger charge is 2.44. The van der Waals surface area contributed by atoms with Gasteiger partial charge in [-0.15, -0.1) is 0 Å². The van der Waals surface area contributed by atoms with Crippen molar-refractivity contribution in [2.24, 2.45) is 10.9 Å². The van der Waals surface area contributed by atoms with Crippen molar-refractivity contribution in [3.8, 4) is 0 Å². The van der Waals surface area contributed by atoms with Gasteiger partial charge in [0.1, 0.15) is 0 Å². The Morgan fingerprint density at radius 3 is 2.00 bits per heavy atom. The third-order valence-electron chi connectivity index (χ3n) is 5.19. The van der Waals surface area contributed by atoms with Crippen LogP contribution in [-0.4, -0.2) is 19.8 Å². The standard InChI is InChI=1S/C15H31NSi/c1-7-13-11-14(15(16-13)12(5)6)17(8-2,9-3)10-4/h12,14-15H,7-11H2,1-6H3/t14-,15+/m0/s1. The molecule has 1 aliphatic rings. The zero-order chi connectivity index (χ0) is 13.1. The first-order valence-electron chi connectivity index (χ1n) is 7.60. The van der Waals surface area contributed by atoms with Crippen LogP contribution >= 0.6 is 0 Å². The number of nitrogens with zero attached hydrogens (tertiary/aromatic N) is 1. The van der Waals surface area contributed by atoms with Crippen molar-refractivity contribution >= 4 is 13.8 Å². The van der Waals surface area contributed by atoms with Gasteiger partial charge < -0.3 is 0 Å². The molecule has 0 saturated carbocycles. The Kier molecular flexibility index (Phi) is 5.43. The molecule has 0 aromatic rings. The lowest BCUT2D eigenvalue weighted by Gasteiger charge is -2.39. The van der Waals surface area contributed by atoms with Crippen LogP contribution in [-0.2, 0) is 0 Å². The number of hydrogen-bond acceptors (Lipinski definition) is 1. The summed E-state index contributed by atoms with van der Waals surface area (Å²) in [5.41, 5.74) is 2.43. The molecule has 0 spiro atoms. The molecule has 0 bridgehead atoms. The van der Waals surface area contributed by atoms with Crippen LogP contribution in [0.15, 0.2) is 4.99 Å². The van der Waals surface area contributed by atoms with Crippen molar-refractivity contribution in [2.75, 3.05) is 0 Å². The molecular formula is C15H31NSi. The Morgan fingerprint density at radius 2 is 1.65 bits per heavy atom. The highest BCUT2D eigenvalue weighted by molar-refractivity contribution is 6.81. The van der Waals surface area contributed by atoms with Gasteiger partial charge in [-0.05, 0) is 24.3 Å². The van der Waals surface area contributed by atoms with Crippen molar-refractivity contribution in [3.05, 3.63) is 0 Å². The number of hydrogen-bond donors (Lipinski definition) is 0. The third kappa shape index (κ3) is 2.83. The maximum absolute atomic E-state index is 5.05. The topological polar surface area (TPSA) is 12.4 Å². The lowest BCUT2D eigenvalue weighted by Crippen LogP contribution is -2.42. The molecule has 0 aromatic heterocycles. The van der Waals surface area contributed by atoms with Crippen LogP contribution in [0.2, 0.25) is 23.7 Å². The molecule has 0 unspecified atom stereocenters. The Balaban J connectivity index is 2.96. The van der Waals surface area contributed by atoms with Gasteiger partial charge in [-0.2, -0.15) is 0 Å². The zero-order valence-corrected chi connectivity index (χ0v) is 13.7. The Morgan fingerprint density at radius 1 is 1.12 bits per heavy atom. The minimum Gasteiger partial charge on any atom is -0.291 e. The lowest BCUT2D eigenvalue weighted by atomic mass is 10.0. The third-order valence-corrected chi connectivity index (χ3v) is 11.5. The second-order valence-electron chi connectivity index (χ2n) is 6.02. The fourth-order valence-electron chi connectivity index (χ4n) is 3.69. The molecule has 1 rings (SSSR count). The molecular weight excluding hydrogens is 222 g/mol. The smallest absolute Gasteiger partial charge is 0.0586 e. The minimum atomic E-state index is -1.08. The van der Waals surface area contributed by atoms with E-state index in [1.165, 1.54) is 36.7 Å². The first kappa shape index (κ1) is 14.9. The van der Waals surface area contributed by atoms with Crippen molar-refractivity contribution in [1.82, 2.24) is 0 Å². The summed E-state index contributed by atoms with van der Waals surface area (Å²) in [6, 6.07) is 4.97. The van der Waals surface area contributed by atoms with E-state index in [0.717, 1.165) is 11.5 Å². The van der Waals surface area contributed by atoms with E-state index in [0.29, 0.717) is 6.04 Å². The average molecular weight is 254 g/mol. The monoisotopic (exact) mass is 253 g/mol. The molecule has 1 heterocycles. The first-order chi connectivity index (χ1) is 8.04. The van der Waals surface area contributed by atoms with Crippen LogP contribution in [0, 0.1) is 5.92 Å². The van der Waals surface area contributed by atoms with Gasteiger partial charge in [0.15, 0.2) is 0 Å². The van der Waals surface area contributed by atoms with Crippen LogP contribution in [0.5, 0.6) is 0 Å². The van der Waals surface area contributed by atoms with E-state index >= 15 is 0 Å². The van der Waals surface area contributed by atoms with Crippen LogP contribution < -0.4 is 0 Å². The largest absolute Gasteiger partial charge is 0.291 e. The fourth-order valence-corrected chi connectivity index (χ4v) is 8.62. The molecule has 17 heavy (non-hydrogen) atoms. The van der Waals surface area contributed by atoms with Gasteiger partial charge in [0, 0.05) is 5.71 Å². The van der Waals surface area contributed by atoms with E-state index in [-0.39, 0.29) is 0 Å². The SMILES string of the molecule is CCC1=N[C@H](C(C)C)[C@@H]([Si](CC)(CC)CC)C1. The molecule has 0 aliphatic carbocycles. The molecule has 100 valence electrons. The lowest BCUT2D eigenvalue weighted by molar-refractivity contribution is 0.482. The van der Waals surface area contributed by atoms with Crippen LogP contribution in [0.1, 0.15) is 54.4 Å². The van der Waals surface area contributed by atoms with Crippen molar-refractivity contribution < 1.29 is 0 Å². The minimum absolute atomic E-state index is 0.636. The van der Waals surface area contributed by atoms with E-state index < -0.39 is 8.07 Å². The van der Waals surface area contributed by atoms with Crippen molar-refractivity contribution in [3.63, 3.8) is 0 Å². The van der Waals surface area contributed by atoms with Crippen molar-refractivity contribution in [1.29, 1.82) is 0 Å². The molecule has 0 N–H and O–H groups in total. The molecule has 0 amide bonds. The predicted octanol–water partition coefficient (Wildman–Crippen LogP) is 5.14. The van der Waals surface area contributed by atoms with E-state index in [4.69, 9.17) is 4.99 Å². The van der Waals surface area contributed by atoms with E-state index in [2.05, 4.69) is 41.5 Å². The van der Waals surface area contributed by atoms with Gasteiger partial charge in [0.25, 0.3) is 0 Å². The molecule has 0 saturated heterocycles. The van der Waals surface area contributed by atoms with E-state index in [1.54, 1.807) is 0 Å². The van der Waals surface area contributed by atoms with E-state index in [9.17, 15) is 0 Å². The highest BCUT2D eigenvalue weighted by atomic mass is 28.3. The van der Waals surface area contributed by atoms with Crippen LogP contribution in [0.3, 0.4) is 0 Å². The molecule has 0 aromatic carbocycles. The molecule has 2 atom stereocenters. The Hall–Kier alpha value is -0.113. The number of aliphatic imine (C=N–C) groups is 1. The normalized spacial score (nSPS) is 25.5. The second-order valence-corrected chi connectivity index (χ2v) is 11.6. The summed E-state index contributed by atoms with van der Waals surface area (Å²) in [6.45, 7) is 14.3. The molecule has 0 fully saturated rings. The number of rotatable bonds is 6. The first-order valence-corrected chi connectivity index (χ1v) is 10.3. The average Bonchev–Trinajstić information content (AvgIpc) is 2.77. The Bertz CT molecular complexity index is 258. The van der Waals surface area contributed by atoms with E-state index in [1.807, 2.05) is 0 Å². The van der Waals surface area contributed by atoms with Gasteiger partial charge in [0.05, 0.1) is 14.1 Å². The van der Waals surface area contributed by atoms with Gasteiger partial charge in [-0.1, -0.05) is 59.7 Å². The van der Waals surface area contributed by atoms with Gasteiger partial charge in [-0.25, -0.2) is 0 Å². The highest BCUT2D eigenvalue weighted by Crippen LogP contribution is 2.45. The summed E-state index contributed by atoms with van der Waals surface area (Å²) < 4.78 is 0. The second kappa shape index (κ2) is 6.17. The van der Waals surface area contributed by atoms with Crippen molar-refractivity contribution in [2.45, 2.75) is 84.1 Å². The fraction of sp³-hybridized carbons (Fsp3) is 0.933. The molecule has 1 nitrogen and oxygen atoms in total. The maximum Gasteiger partial charge on any atom is 0.0586 e. The molecule has 2 heteroatoms. The summed E-state index contributed by atoms with van der Waals surface area (Å²) in [4.78, 5) is 5.05. The summed E-state index contributed by atoms with van der Waals surface area (Å²) in [5.74, 6) is 0.723. The van der Waals surface area contributed by atoms with Crippen LogP contribution in [0.25, 0.3) is 0 Å². The summed E-state index contributed by atoms with van der Waals surface area (Å²) in [7, 11) is -1.08. The molecule has 0 radical (unpaired) electrons. The quantitative estimate of drug-likeness (QED) is 0.581. The molecule has 1 aliphatic heterocycles. The van der Waals surface area contributed by atoms with Gasteiger partial charge in [-0.3, -0.25) is 4.99 Å². The predicted molar refractivity (Wildman–Crippen MR) is 81.9 cm³/mol. The summed E-state index contributed by atoms with van der Waals surface area (Å²) in [5, 5.41) is 0. The van der Waals surface area contributed by atoms with Gasteiger partial charge in [0.2, 0.25) is 0 Å². The maximum atomic E-state index is 5.05. The zero-order valence-electron chi connectivity index (χ0n) is 12.7. The van der Waals surface area contributed by atoms with Crippen LogP contribution in [0.4, 0.5) is 0 Å². The van der Waals surface area contributed by atoms with Gasteiger partial charge >= 0.3 is 0 Å². The summed E-state index contributed by atoms with van der Waals surface area (Å²) >= 11 is 0. The summed E-state index contributed by atoms with van der Waals surface area (Å²) in [6.07, 6.45) is 2.49. The Labute approximate surface area is 109 Å².